The molecular weight excluding hydrogens is 639 g/mol. The Bertz CT molecular complexity index is 1500. The van der Waals surface area contributed by atoms with Gasteiger partial charge in [0.25, 0.3) is 0 Å². The highest BCUT2D eigenvalue weighted by Crippen LogP contribution is 2.39. The molecule has 4 heterocycles. The van der Waals surface area contributed by atoms with Gasteiger partial charge in [-0.2, -0.15) is 13.2 Å². The average molecular weight is 686 g/mol. The van der Waals surface area contributed by atoms with Crippen LogP contribution in [0.5, 0.6) is 0 Å². The molecule has 0 spiro atoms. The number of nitrogens with one attached hydrogen (secondary N) is 1. The van der Waals surface area contributed by atoms with Gasteiger partial charge in [-0.1, -0.05) is 6.07 Å². The lowest BCUT2D eigenvalue weighted by atomic mass is 9.87. The lowest BCUT2D eigenvalue weighted by molar-refractivity contribution is -0.136. The molecule has 3 fully saturated rings. The number of hydrogen-bond donors (Lipinski definition) is 2. The van der Waals surface area contributed by atoms with Crippen LogP contribution < -0.4 is 15.1 Å². The maximum Gasteiger partial charge on any atom is 0.410 e. The van der Waals surface area contributed by atoms with Gasteiger partial charge < -0.3 is 29.9 Å². The molecule has 266 valence electrons. The SMILES string of the molecule is [C-]#[N+]c1ccc(N2CCC(C(=O)Nc3ccc(N4CCC(O)(CCN5CCN(C(=O)OC(C)(C)C)CC5)CC4)cn3)CC2)cc1C(F)(F)F. The molecule has 0 unspecified atom stereocenters. The number of alkyl halides is 3. The van der Waals surface area contributed by atoms with Crippen molar-refractivity contribution in [3.05, 3.63) is 53.5 Å². The van der Waals surface area contributed by atoms with Crippen molar-refractivity contribution in [2.24, 2.45) is 5.92 Å². The Morgan fingerprint density at radius 2 is 1.61 bits per heavy atom. The number of ether oxygens (including phenoxy) is 1. The van der Waals surface area contributed by atoms with E-state index in [-0.39, 0.29) is 17.9 Å². The summed E-state index contributed by atoms with van der Waals surface area (Å²) in [7, 11) is 0. The molecule has 3 aliphatic rings. The summed E-state index contributed by atoms with van der Waals surface area (Å²) in [6.07, 6.45) is -0.289. The molecule has 2 aromatic rings. The van der Waals surface area contributed by atoms with Crippen LogP contribution in [0.2, 0.25) is 0 Å². The van der Waals surface area contributed by atoms with Gasteiger partial charge in [0.2, 0.25) is 5.91 Å². The lowest BCUT2D eigenvalue weighted by Gasteiger charge is -2.41. The maximum atomic E-state index is 13.4. The first-order chi connectivity index (χ1) is 23.1. The molecule has 0 aliphatic carbocycles. The fourth-order valence-corrected chi connectivity index (χ4v) is 6.60. The number of hydrogen-bond acceptors (Lipinski definition) is 8. The normalized spacial score (nSPS) is 19.3. The molecule has 3 saturated heterocycles. The number of carbonyl (C=O) groups is 2. The van der Waals surface area contributed by atoms with Gasteiger partial charge in [-0.15, -0.1) is 0 Å². The Morgan fingerprint density at radius 3 is 2.18 bits per heavy atom. The number of piperazine rings is 1. The Hall–Kier alpha value is -4.09. The highest BCUT2D eigenvalue weighted by atomic mass is 19.4. The van der Waals surface area contributed by atoms with Crippen molar-refractivity contribution in [2.45, 2.75) is 70.3 Å². The molecule has 14 heteroatoms. The van der Waals surface area contributed by atoms with Crippen LogP contribution in [0.1, 0.15) is 58.4 Å². The predicted molar refractivity (Wildman–Crippen MR) is 181 cm³/mol. The number of piperidine rings is 2. The minimum absolute atomic E-state index is 0.173. The summed E-state index contributed by atoms with van der Waals surface area (Å²) in [4.78, 5) is 40.8. The van der Waals surface area contributed by atoms with Crippen molar-refractivity contribution in [3.63, 3.8) is 0 Å². The van der Waals surface area contributed by atoms with E-state index in [1.54, 1.807) is 17.2 Å². The minimum Gasteiger partial charge on any atom is -0.444 e. The summed E-state index contributed by atoms with van der Waals surface area (Å²) >= 11 is 0. The van der Waals surface area contributed by atoms with E-state index in [2.05, 4.69) is 24.9 Å². The Labute approximate surface area is 285 Å². The summed E-state index contributed by atoms with van der Waals surface area (Å²) in [5, 5.41) is 14.2. The van der Waals surface area contributed by atoms with Crippen LogP contribution in [0.3, 0.4) is 0 Å². The van der Waals surface area contributed by atoms with Crippen molar-refractivity contribution >= 4 is 34.9 Å². The molecule has 5 rings (SSSR count). The molecule has 3 aliphatic heterocycles. The summed E-state index contributed by atoms with van der Waals surface area (Å²) in [6, 6.07) is 7.41. The third-order valence-corrected chi connectivity index (χ3v) is 9.61. The molecule has 11 nitrogen and oxygen atoms in total. The Morgan fingerprint density at radius 1 is 0.980 bits per heavy atom. The third-order valence-electron chi connectivity index (χ3n) is 9.61. The third kappa shape index (κ3) is 9.54. The summed E-state index contributed by atoms with van der Waals surface area (Å²) in [6.45, 7) is 18.3. The summed E-state index contributed by atoms with van der Waals surface area (Å²) in [5.41, 5.74) is -1.34. The molecule has 1 aromatic heterocycles. The van der Waals surface area contributed by atoms with E-state index >= 15 is 0 Å². The van der Waals surface area contributed by atoms with Crippen molar-refractivity contribution < 1.29 is 32.6 Å². The van der Waals surface area contributed by atoms with E-state index < -0.39 is 28.6 Å². The second-order valence-electron chi connectivity index (χ2n) is 14.2. The fraction of sp³-hybridized carbons (Fsp3) is 0.600. The smallest absolute Gasteiger partial charge is 0.410 e. The van der Waals surface area contributed by atoms with E-state index in [4.69, 9.17) is 11.3 Å². The first kappa shape index (κ1) is 36.2. The van der Waals surface area contributed by atoms with Crippen molar-refractivity contribution in [3.8, 4) is 0 Å². The standard InChI is InChI=1S/C35H46F3N7O4/c1-33(2,3)49-32(47)45-21-19-42(20-22-45)16-11-34(48)12-17-44(18-13-34)27-6-8-30(40-24-27)41-31(46)25-9-14-43(15-10-25)26-5-7-29(39-4)28(23-26)35(36,37)38/h5-8,23-25,48H,9-22H2,1-3H3,(H,40,41,46). The second-order valence-corrected chi connectivity index (χ2v) is 14.2. The maximum absolute atomic E-state index is 13.4. The number of amides is 2. The number of benzene rings is 1. The van der Waals surface area contributed by atoms with Gasteiger partial charge >= 0.3 is 12.3 Å². The average Bonchev–Trinajstić information content (AvgIpc) is 3.07. The van der Waals surface area contributed by atoms with Crippen molar-refractivity contribution in [2.75, 3.05) is 74.0 Å². The van der Waals surface area contributed by atoms with Crippen molar-refractivity contribution in [1.82, 2.24) is 14.8 Å². The number of nitrogens with zero attached hydrogens (tertiary/aromatic N) is 6. The van der Waals surface area contributed by atoms with Gasteiger partial charge in [-0.05, 0) is 77.1 Å². The van der Waals surface area contributed by atoms with Crippen LogP contribution in [0, 0.1) is 12.5 Å². The van der Waals surface area contributed by atoms with E-state index in [0.717, 1.165) is 31.4 Å². The van der Waals surface area contributed by atoms with Crippen LogP contribution in [0.15, 0.2) is 36.5 Å². The molecule has 2 amide bonds. The van der Waals surface area contributed by atoms with Gasteiger partial charge in [0.05, 0.1) is 29.6 Å². The summed E-state index contributed by atoms with van der Waals surface area (Å²) in [5.74, 6) is -0.0366. The van der Waals surface area contributed by atoms with Gasteiger partial charge in [0.15, 0.2) is 5.69 Å². The Balaban J connectivity index is 1.03. The van der Waals surface area contributed by atoms with E-state index in [0.29, 0.717) is 82.9 Å². The summed E-state index contributed by atoms with van der Waals surface area (Å²) < 4.78 is 45.7. The number of halogens is 3. The molecule has 0 bridgehead atoms. The number of rotatable bonds is 7. The van der Waals surface area contributed by atoms with Crippen LogP contribution >= 0.6 is 0 Å². The van der Waals surface area contributed by atoms with Crippen molar-refractivity contribution in [1.29, 1.82) is 0 Å². The first-order valence-corrected chi connectivity index (χ1v) is 16.9. The largest absolute Gasteiger partial charge is 0.444 e. The second kappa shape index (κ2) is 14.8. The van der Waals surface area contributed by atoms with E-state index in [1.807, 2.05) is 31.7 Å². The number of aliphatic hydroxyl groups is 1. The molecular formula is C35H46F3N7O4. The molecule has 0 saturated carbocycles. The zero-order valence-corrected chi connectivity index (χ0v) is 28.4. The Kier molecular flexibility index (Phi) is 10.9. The van der Waals surface area contributed by atoms with Crippen LogP contribution in [0.25, 0.3) is 4.85 Å². The van der Waals surface area contributed by atoms with Gasteiger partial charge in [0.1, 0.15) is 11.4 Å². The number of carbonyl (C=O) groups excluding carboxylic acids is 2. The molecule has 0 atom stereocenters. The highest BCUT2D eigenvalue weighted by molar-refractivity contribution is 5.92. The lowest BCUT2D eigenvalue weighted by Crippen LogP contribution is -2.51. The predicted octanol–water partition coefficient (Wildman–Crippen LogP) is 5.78. The number of pyridine rings is 1. The van der Waals surface area contributed by atoms with E-state index in [1.165, 1.54) is 12.1 Å². The van der Waals surface area contributed by atoms with Crippen LogP contribution in [-0.4, -0.2) is 102 Å². The quantitative estimate of drug-likeness (QED) is 0.354. The molecule has 2 N–H and O–H groups in total. The van der Waals surface area contributed by atoms with Crippen LogP contribution in [0.4, 0.5) is 40.8 Å². The number of aromatic nitrogens is 1. The van der Waals surface area contributed by atoms with E-state index in [9.17, 15) is 27.9 Å². The topological polar surface area (TPSA) is 106 Å². The highest BCUT2D eigenvalue weighted by Gasteiger charge is 2.36. The van der Waals surface area contributed by atoms with Gasteiger partial charge in [0, 0.05) is 70.5 Å². The first-order valence-electron chi connectivity index (χ1n) is 16.9. The van der Waals surface area contributed by atoms with Gasteiger partial charge in [-0.3, -0.25) is 9.69 Å². The molecule has 0 radical (unpaired) electrons. The monoisotopic (exact) mass is 685 g/mol. The zero-order chi connectivity index (χ0) is 35.4. The molecule has 1 aromatic carbocycles. The zero-order valence-electron chi connectivity index (χ0n) is 28.4. The van der Waals surface area contributed by atoms with Gasteiger partial charge in [-0.25, -0.2) is 14.6 Å². The number of anilines is 3. The fourth-order valence-electron chi connectivity index (χ4n) is 6.60. The van der Waals surface area contributed by atoms with Crippen LogP contribution in [-0.2, 0) is 15.7 Å². The minimum atomic E-state index is -4.61. The molecule has 49 heavy (non-hydrogen) atoms.